The molecule has 108 valence electrons. The third kappa shape index (κ3) is 2.92. The molecule has 1 fully saturated rings. The van der Waals surface area contributed by atoms with E-state index in [1.807, 2.05) is 4.90 Å². The smallest absolute Gasteiger partial charge is 0.230 e. The Morgan fingerprint density at radius 3 is 2.25 bits per heavy atom. The standard InChI is InChI=1S/C13H16FN3O2S/c1-11(10-15)20(18,19)17-8-6-16(7-9-17)13-4-2-12(14)3-5-13/h2-5,11H,6-9H2,1H3. The Morgan fingerprint density at radius 1 is 1.20 bits per heavy atom. The molecule has 1 aliphatic rings. The zero-order chi connectivity index (χ0) is 14.8. The number of halogens is 1. The number of hydrogen-bond donors (Lipinski definition) is 0. The van der Waals surface area contributed by atoms with Gasteiger partial charge in [0.1, 0.15) is 5.82 Å². The molecule has 0 aromatic heterocycles. The molecule has 0 saturated carbocycles. The minimum atomic E-state index is -3.54. The van der Waals surface area contributed by atoms with Gasteiger partial charge in [-0.2, -0.15) is 9.57 Å². The minimum Gasteiger partial charge on any atom is -0.369 e. The van der Waals surface area contributed by atoms with Crippen LogP contribution in [0.4, 0.5) is 10.1 Å². The Labute approximate surface area is 118 Å². The molecule has 1 heterocycles. The van der Waals surface area contributed by atoms with Gasteiger partial charge in [-0.05, 0) is 31.2 Å². The maximum absolute atomic E-state index is 12.9. The van der Waals surface area contributed by atoms with Gasteiger partial charge in [-0.1, -0.05) is 0 Å². The van der Waals surface area contributed by atoms with Crippen molar-refractivity contribution in [1.82, 2.24) is 4.31 Å². The number of hydrogen-bond acceptors (Lipinski definition) is 4. The van der Waals surface area contributed by atoms with Crippen molar-refractivity contribution in [3.63, 3.8) is 0 Å². The van der Waals surface area contributed by atoms with E-state index in [1.165, 1.54) is 23.4 Å². The van der Waals surface area contributed by atoms with E-state index in [0.29, 0.717) is 26.2 Å². The maximum Gasteiger partial charge on any atom is 0.230 e. The predicted molar refractivity (Wildman–Crippen MR) is 74.2 cm³/mol. The molecule has 7 heteroatoms. The van der Waals surface area contributed by atoms with Crippen molar-refractivity contribution in [2.24, 2.45) is 0 Å². The lowest BCUT2D eigenvalue weighted by Crippen LogP contribution is -2.50. The van der Waals surface area contributed by atoms with Gasteiger partial charge in [0, 0.05) is 31.9 Å². The second-order valence-corrected chi connectivity index (χ2v) is 6.93. The van der Waals surface area contributed by atoms with Crippen LogP contribution in [0.3, 0.4) is 0 Å². The highest BCUT2D eigenvalue weighted by Crippen LogP contribution is 2.19. The molecule has 1 unspecified atom stereocenters. The predicted octanol–water partition coefficient (Wildman–Crippen LogP) is 1.19. The number of nitriles is 1. The number of sulfonamides is 1. The molecule has 0 aliphatic carbocycles. The summed E-state index contributed by atoms with van der Waals surface area (Å²) in [5.41, 5.74) is 0.872. The Bertz CT molecular complexity index is 601. The molecule has 1 aromatic rings. The summed E-state index contributed by atoms with van der Waals surface area (Å²) in [6.45, 7) is 3.13. The van der Waals surface area contributed by atoms with Crippen molar-refractivity contribution >= 4 is 15.7 Å². The Hall–Kier alpha value is -1.65. The molecule has 0 N–H and O–H groups in total. The molecule has 5 nitrogen and oxygen atoms in total. The molecule has 0 spiro atoms. The summed E-state index contributed by atoms with van der Waals surface area (Å²) in [5, 5.41) is 7.73. The number of rotatable bonds is 3. The van der Waals surface area contributed by atoms with Gasteiger partial charge in [0.05, 0.1) is 6.07 Å². The third-order valence-corrected chi connectivity index (χ3v) is 5.50. The Kier molecular flexibility index (Phi) is 4.26. The van der Waals surface area contributed by atoms with Crippen LogP contribution in [-0.2, 0) is 10.0 Å². The summed E-state index contributed by atoms with van der Waals surface area (Å²) in [6, 6.07) is 7.89. The number of nitrogens with zero attached hydrogens (tertiary/aromatic N) is 3. The van der Waals surface area contributed by atoms with Gasteiger partial charge in [-0.25, -0.2) is 12.8 Å². The van der Waals surface area contributed by atoms with Gasteiger partial charge in [0.25, 0.3) is 0 Å². The van der Waals surface area contributed by atoms with E-state index >= 15 is 0 Å². The zero-order valence-corrected chi connectivity index (χ0v) is 12.0. The average Bonchev–Trinajstić information content (AvgIpc) is 2.47. The third-order valence-electron chi connectivity index (χ3n) is 3.42. The van der Waals surface area contributed by atoms with E-state index in [4.69, 9.17) is 5.26 Å². The van der Waals surface area contributed by atoms with Gasteiger partial charge in [-0.3, -0.25) is 0 Å². The Morgan fingerprint density at radius 2 is 1.75 bits per heavy atom. The van der Waals surface area contributed by atoms with Crippen LogP contribution in [0.2, 0.25) is 0 Å². The van der Waals surface area contributed by atoms with E-state index in [1.54, 1.807) is 18.2 Å². The van der Waals surface area contributed by atoms with Crippen LogP contribution >= 0.6 is 0 Å². The van der Waals surface area contributed by atoms with Crippen LogP contribution < -0.4 is 4.90 Å². The normalized spacial score (nSPS) is 18.6. The molecule has 0 radical (unpaired) electrons. The zero-order valence-electron chi connectivity index (χ0n) is 11.2. The van der Waals surface area contributed by atoms with Crippen LogP contribution in [0, 0.1) is 17.1 Å². The van der Waals surface area contributed by atoms with Crippen molar-refractivity contribution < 1.29 is 12.8 Å². The SMILES string of the molecule is CC(C#N)S(=O)(=O)N1CCN(c2ccc(F)cc2)CC1. The molecule has 20 heavy (non-hydrogen) atoms. The van der Waals surface area contributed by atoms with Crippen molar-refractivity contribution in [2.45, 2.75) is 12.2 Å². The monoisotopic (exact) mass is 297 g/mol. The largest absolute Gasteiger partial charge is 0.369 e. The van der Waals surface area contributed by atoms with Crippen molar-refractivity contribution in [3.05, 3.63) is 30.1 Å². The maximum atomic E-state index is 12.9. The van der Waals surface area contributed by atoms with Gasteiger partial charge < -0.3 is 4.90 Å². The number of anilines is 1. The molecule has 2 rings (SSSR count). The molecule has 1 saturated heterocycles. The first-order chi connectivity index (χ1) is 9.45. The summed E-state index contributed by atoms with van der Waals surface area (Å²) >= 11 is 0. The first-order valence-electron chi connectivity index (χ1n) is 6.34. The van der Waals surface area contributed by atoms with Gasteiger partial charge >= 0.3 is 0 Å². The summed E-state index contributed by atoms with van der Waals surface area (Å²) in [6.07, 6.45) is 0. The Balaban J connectivity index is 2.03. The van der Waals surface area contributed by atoms with Crippen molar-refractivity contribution in [3.8, 4) is 6.07 Å². The highest BCUT2D eigenvalue weighted by molar-refractivity contribution is 7.89. The van der Waals surface area contributed by atoms with E-state index < -0.39 is 15.3 Å². The highest BCUT2D eigenvalue weighted by Gasteiger charge is 2.31. The van der Waals surface area contributed by atoms with Gasteiger partial charge in [-0.15, -0.1) is 0 Å². The first kappa shape index (κ1) is 14.8. The van der Waals surface area contributed by atoms with Crippen LogP contribution in [0.1, 0.15) is 6.92 Å². The average molecular weight is 297 g/mol. The van der Waals surface area contributed by atoms with Crippen LogP contribution in [-0.4, -0.2) is 44.2 Å². The molecule has 1 aliphatic heterocycles. The fourth-order valence-corrected chi connectivity index (χ4v) is 3.40. The van der Waals surface area contributed by atoms with E-state index in [0.717, 1.165) is 5.69 Å². The second-order valence-electron chi connectivity index (χ2n) is 4.68. The molecular weight excluding hydrogens is 281 g/mol. The summed E-state index contributed by atoms with van der Waals surface area (Å²) < 4.78 is 38.3. The fraction of sp³-hybridized carbons (Fsp3) is 0.462. The van der Waals surface area contributed by atoms with E-state index in [9.17, 15) is 12.8 Å². The lowest BCUT2D eigenvalue weighted by atomic mass is 10.2. The minimum absolute atomic E-state index is 0.294. The highest BCUT2D eigenvalue weighted by atomic mass is 32.2. The quantitative estimate of drug-likeness (QED) is 0.840. The lowest BCUT2D eigenvalue weighted by Gasteiger charge is -2.35. The van der Waals surface area contributed by atoms with Crippen LogP contribution in [0.15, 0.2) is 24.3 Å². The van der Waals surface area contributed by atoms with Crippen LogP contribution in [0.25, 0.3) is 0 Å². The van der Waals surface area contributed by atoms with E-state index in [2.05, 4.69) is 0 Å². The lowest BCUT2D eigenvalue weighted by molar-refractivity contribution is 0.383. The van der Waals surface area contributed by atoms with Gasteiger partial charge in [0.2, 0.25) is 10.0 Å². The van der Waals surface area contributed by atoms with Crippen molar-refractivity contribution in [2.75, 3.05) is 31.1 Å². The fourth-order valence-electron chi connectivity index (χ4n) is 2.14. The summed E-state index contributed by atoms with van der Waals surface area (Å²) in [5.74, 6) is -0.294. The molecule has 0 bridgehead atoms. The number of piperazine rings is 1. The van der Waals surface area contributed by atoms with E-state index in [-0.39, 0.29) is 5.82 Å². The second kappa shape index (κ2) is 5.77. The van der Waals surface area contributed by atoms with Gasteiger partial charge in [0.15, 0.2) is 5.25 Å². The summed E-state index contributed by atoms with van der Waals surface area (Å²) in [7, 11) is -3.54. The molecule has 0 amide bonds. The number of benzene rings is 1. The van der Waals surface area contributed by atoms with Crippen LogP contribution in [0.5, 0.6) is 0 Å². The first-order valence-corrected chi connectivity index (χ1v) is 7.84. The summed E-state index contributed by atoms with van der Waals surface area (Å²) in [4.78, 5) is 2.00. The topological polar surface area (TPSA) is 64.4 Å². The molecular formula is C13H16FN3O2S. The van der Waals surface area contributed by atoms with Crippen molar-refractivity contribution in [1.29, 1.82) is 5.26 Å². The molecule has 1 atom stereocenters. The molecule has 1 aromatic carbocycles.